The normalized spacial score (nSPS) is 10.4. The molecule has 0 N–H and O–H groups in total. The molecule has 0 aromatic heterocycles. The molecule has 0 atom stereocenters. The summed E-state index contributed by atoms with van der Waals surface area (Å²) in [5.41, 5.74) is 10.4. The highest BCUT2D eigenvalue weighted by Crippen LogP contribution is 2.35. The van der Waals surface area contributed by atoms with E-state index in [2.05, 4.69) is 24.3 Å². The van der Waals surface area contributed by atoms with Gasteiger partial charge in [-0.15, -0.1) is 0 Å². The Morgan fingerprint density at radius 2 is 0.568 bits per heavy atom. The van der Waals surface area contributed by atoms with Crippen LogP contribution >= 0.6 is 0 Å². The van der Waals surface area contributed by atoms with Crippen molar-refractivity contribution in [2.75, 3.05) is 0 Å². The molecule has 12 heteroatoms. The summed E-state index contributed by atoms with van der Waals surface area (Å²) in [5.74, 6) is 5.07. The zero-order valence-electron chi connectivity index (χ0n) is 46.8. The van der Waals surface area contributed by atoms with E-state index in [1.54, 1.807) is 78.9 Å². The Morgan fingerprint density at radius 3 is 0.920 bits per heavy atom. The lowest BCUT2D eigenvalue weighted by molar-refractivity contribution is 0.103. The molecular weight excluding hydrogens is 1090 g/mol. The number of nitriles is 6. The predicted molar refractivity (Wildman–Crippen MR) is 330 cm³/mol. The smallest absolute Gasteiger partial charge is 0.197 e. The molecule has 0 bridgehead atoms. The fourth-order valence-electron chi connectivity index (χ4n) is 9.81. The van der Waals surface area contributed by atoms with E-state index in [-0.39, 0.29) is 33.6 Å². The van der Waals surface area contributed by atoms with Gasteiger partial charge in [0.2, 0.25) is 0 Å². The van der Waals surface area contributed by atoms with Gasteiger partial charge in [-0.25, -0.2) is 0 Å². The molecule has 0 fully saturated rings. The van der Waals surface area contributed by atoms with Crippen molar-refractivity contribution in [3.63, 3.8) is 0 Å². The van der Waals surface area contributed by atoms with Gasteiger partial charge in [-0.1, -0.05) is 97.1 Å². The molecule has 0 spiro atoms. The first-order chi connectivity index (χ1) is 43.1. The first-order valence-corrected chi connectivity index (χ1v) is 27.7. The molecule has 12 nitrogen and oxygen atoms in total. The lowest BCUT2D eigenvalue weighted by atomic mass is 9.92. The summed E-state index contributed by atoms with van der Waals surface area (Å²) >= 11 is 0. The van der Waals surface area contributed by atoms with E-state index in [4.69, 9.17) is 23.7 Å². The van der Waals surface area contributed by atoms with Gasteiger partial charge in [0.05, 0.1) is 38.9 Å². The minimum Gasteiger partial charge on any atom is -0.457 e. The molecule has 0 saturated heterocycles. The first-order valence-electron chi connectivity index (χ1n) is 27.7. The third kappa shape index (κ3) is 13.7. The number of ether oxygens (including phenoxy) is 5. The van der Waals surface area contributed by atoms with Crippen molar-refractivity contribution in [1.82, 2.24) is 0 Å². The van der Waals surface area contributed by atoms with Crippen LogP contribution in [0.3, 0.4) is 0 Å². The Morgan fingerprint density at radius 1 is 0.284 bits per heavy atom. The highest BCUT2D eigenvalue weighted by atomic mass is 16.5. The highest BCUT2D eigenvalue weighted by molar-refractivity contribution is 6.12. The van der Waals surface area contributed by atoms with Crippen LogP contribution in [0, 0.1) is 68.0 Å². The average Bonchev–Trinajstić information content (AvgIpc) is 3.71. The molecule has 11 rings (SSSR count). The number of ketones is 1. The number of hydrogen-bond acceptors (Lipinski definition) is 12. The first kappa shape index (κ1) is 56.9. The number of nitrogens with zero attached hydrogens (tertiary/aromatic N) is 6. The van der Waals surface area contributed by atoms with Crippen molar-refractivity contribution in [3.05, 3.63) is 321 Å². The zero-order chi connectivity index (χ0) is 60.8. The van der Waals surface area contributed by atoms with Gasteiger partial charge in [-0.3, -0.25) is 4.79 Å². The van der Waals surface area contributed by atoms with Crippen LogP contribution in [-0.4, -0.2) is 5.78 Å². The van der Waals surface area contributed by atoms with E-state index < -0.39 is 0 Å². The van der Waals surface area contributed by atoms with Gasteiger partial charge < -0.3 is 23.7 Å². The second-order valence-electron chi connectivity index (χ2n) is 20.3. The Kier molecular flexibility index (Phi) is 17.1. The van der Waals surface area contributed by atoms with Gasteiger partial charge in [0.1, 0.15) is 93.9 Å². The molecule has 416 valence electrons. The Bertz CT molecular complexity index is 4470. The van der Waals surface area contributed by atoms with Crippen LogP contribution in [0.4, 0.5) is 0 Å². The van der Waals surface area contributed by atoms with Crippen LogP contribution in [0.2, 0.25) is 0 Å². The molecule has 0 saturated carbocycles. The molecule has 0 unspecified atom stereocenters. The number of hydrogen-bond donors (Lipinski definition) is 0. The lowest BCUT2D eigenvalue weighted by Crippen LogP contribution is -2.08. The fourth-order valence-corrected chi connectivity index (χ4v) is 9.81. The van der Waals surface area contributed by atoms with Crippen molar-refractivity contribution >= 4 is 5.78 Å². The Labute approximate surface area is 508 Å². The molecule has 0 radical (unpaired) electrons. The monoisotopic (exact) mass is 1140 g/mol. The van der Waals surface area contributed by atoms with E-state index in [0.29, 0.717) is 93.4 Å². The average molecular weight is 1140 g/mol. The number of rotatable bonds is 19. The summed E-state index contributed by atoms with van der Waals surface area (Å²) in [6.45, 7) is 0. The molecule has 0 amide bonds. The fraction of sp³-hybridized carbons (Fsp3) is 0.0395. The topological polar surface area (TPSA) is 206 Å². The van der Waals surface area contributed by atoms with E-state index in [1.807, 2.05) is 176 Å². The minimum atomic E-state index is -0.218. The summed E-state index contributed by atoms with van der Waals surface area (Å²) in [5, 5.41) is 56.1. The molecule has 0 aliphatic rings. The summed E-state index contributed by atoms with van der Waals surface area (Å²) in [6, 6.07) is 85.9. The van der Waals surface area contributed by atoms with E-state index in [0.717, 1.165) is 44.5 Å². The van der Waals surface area contributed by atoms with Gasteiger partial charge in [0.25, 0.3) is 0 Å². The number of carbonyl (C=O) groups is 1. The molecule has 88 heavy (non-hydrogen) atoms. The third-order valence-electron chi connectivity index (χ3n) is 14.4. The van der Waals surface area contributed by atoms with E-state index in [9.17, 15) is 36.4 Å². The number of benzene rings is 11. The maximum Gasteiger partial charge on any atom is 0.197 e. The minimum absolute atomic E-state index is 0.218. The summed E-state index contributed by atoms with van der Waals surface area (Å²) in [7, 11) is 0. The van der Waals surface area contributed by atoms with Crippen molar-refractivity contribution < 1.29 is 28.5 Å². The largest absolute Gasteiger partial charge is 0.457 e. The zero-order valence-corrected chi connectivity index (χ0v) is 46.8. The van der Waals surface area contributed by atoms with Crippen molar-refractivity contribution in [2.45, 2.75) is 19.3 Å². The number of carbonyl (C=O) groups excluding carboxylic acids is 1. The maximum absolute atomic E-state index is 14.9. The molecule has 11 aromatic rings. The Hall–Kier alpha value is -13.0. The molecule has 0 heterocycles. The molecule has 0 aliphatic heterocycles. The van der Waals surface area contributed by atoms with Gasteiger partial charge in [0, 0.05) is 5.56 Å². The standard InChI is InChI=1S/C76H46N6O6/c77-44-59-20-35-71(41-62(59)47-80)85-65-23-8-51(9-24-65)38-50-4-6-54(7-5-50)40-58-2-1-3-74(88-70-27-12-53(13-28-70)39-52-10-25-66(26-11-52)86-72-36-21-60(45-78)63(42-72)48-81)75(58)76(83)57-18-33-68(34-19-57)84-67-29-14-55(15-30-67)56-16-31-69(32-17-56)87-73-37-22-61(46-79)64(43-73)49-82/h1-37,41-43H,38-40H2. The van der Waals surface area contributed by atoms with Gasteiger partial charge in [-0.05, 0) is 209 Å². The van der Waals surface area contributed by atoms with Crippen molar-refractivity contribution in [2.24, 2.45) is 0 Å². The van der Waals surface area contributed by atoms with Gasteiger partial charge in [0.15, 0.2) is 5.78 Å². The van der Waals surface area contributed by atoms with Crippen molar-refractivity contribution in [3.8, 4) is 105 Å². The maximum atomic E-state index is 14.9. The van der Waals surface area contributed by atoms with Crippen LogP contribution in [-0.2, 0) is 19.3 Å². The SMILES string of the molecule is N#Cc1ccc(Oc2ccc(Cc3ccc(Cc4cccc(Oc5ccc(Cc6ccc(Oc7ccc(C#N)c(C#N)c7)cc6)cc5)c4C(=O)c4ccc(Oc5ccc(-c6ccc(Oc7ccc(C#N)c(C#N)c7)cc6)cc5)cc4)cc3)cc2)cc1C#N. The lowest BCUT2D eigenvalue weighted by Gasteiger charge is -2.16. The molecular formula is C76H46N6O6. The quantitative estimate of drug-likeness (QED) is 0.0693. The predicted octanol–water partition coefficient (Wildman–Crippen LogP) is 17.5. The summed E-state index contributed by atoms with van der Waals surface area (Å²) < 4.78 is 30.8. The van der Waals surface area contributed by atoms with Crippen LogP contribution in [0.25, 0.3) is 11.1 Å². The van der Waals surface area contributed by atoms with Gasteiger partial charge >= 0.3 is 0 Å². The highest BCUT2D eigenvalue weighted by Gasteiger charge is 2.21. The van der Waals surface area contributed by atoms with Crippen LogP contribution in [0.1, 0.15) is 82.7 Å². The Balaban J connectivity index is 0.779. The van der Waals surface area contributed by atoms with Crippen LogP contribution in [0.5, 0.6) is 57.5 Å². The third-order valence-corrected chi connectivity index (χ3v) is 14.4. The van der Waals surface area contributed by atoms with Crippen molar-refractivity contribution in [1.29, 1.82) is 31.6 Å². The van der Waals surface area contributed by atoms with E-state index >= 15 is 0 Å². The van der Waals surface area contributed by atoms with Crippen LogP contribution < -0.4 is 23.7 Å². The van der Waals surface area contributed by atoms with Crippen LogP contribution in [0.15, 0.2) is 243 Å². The summed E-state index contributed by atoms with van der Waals surface area (Å²) in [4.78, 5) is 14.9. The second-order valence-corrected chi connectivity index (χ2v) is 20.3. The van der Waals surface area contributed by atoms with Gasteiger partial charge in [-0.2, -0.15) is 31.6 Å². The van der Waals surface area contributed by atoms with E-state index in [1.165, 1.54) is 0 Å². The summed E-state index contributed by atoms with van der Waals surface area (Å²) in [6.07, 6.45) is 1.75. The second kappa shape index (κ2) is 26.5. The molecule has 11 aromatic carbocycles. The molecule has 0 aliphatic carbocycles.